The molecule has 1 aliphatic carbocycles. The lowest BCUT2D eigenvalue weighted by molar-refractivity contribution is 0.0694. The van der Waals surface area contributed by atoms with Crippen LogP contribution >= 0.6 is 11.3 Å². The molecule has 0 amide bonds. The fraction of sp³-hybridized carbons (Fsp3) is 0.333. The van der Waals surface area contributed by atoms with Gasteiger partial charge in [0.2, 0.25) is 0 Å². The summed E-state index contributed by atoms with van der Waals surface area (Å²) in [4.78, 5) is 26.4. The summed E-state index contributed by atoms with van der Waals surface area (Å²) in [5, 5.41) is 12.8. The molecular formula is C21H20FN3O3S. The first-order valence-corrected chi connectivity index (χ1v) is 10.4. The molecule has 5 rings (SSSR count). The molecule has 1 aliphatic heterocycles. The smallest absolute Gasteiger partial charge is 0.341 e. The molecule has 8 heteroatoms. The molecule has 0 saturated heterocycles. The van der Waals surface area contributed by atoms with Crippen molar-refractivity contribution in [3.63, 3.8) is 0 Å². The molecule has 29 heavy (non-hydrogen) atoms. The van der Waals surface area contributed by atoms with Crippen molar-refractivity contribution >= 4 is 28.6 Å². The van der Waals surface area contributed by atoms with Crippen LogP contribution < -0.4 is 16.6 Å². The number of hydrogen-bond acceptors (Lipinski definition) is 5. The van der Waals surface area contributed by atoms with Crippen LogP contribution in [0.4, 0.5) is 10.2 Å². The lowest BCUT2D eigenvalue weighted by Gasteiger charge is -2.18. The summed E-state index contributed by atoms with van der Waals surface area (Å²) in [7, 11) is 0. The lowest BCUT2D eigenvalue weighted by Crippen LogP contribution is -2.26. The Kier molecular flexibility index (Phi) is 3.88. The van der Waals surface area contributed by atoms with Crippen LogP contribution in [0.1, 0.15) is 63.7 Å². The molecule has 4 N–H and O–H groups in total. The number of nitrogens with one attached hydrogen (secondary N) is 1. The Morgan fingerprint density at radius 1 is 1.38 bits per heavy atom. The Balaban J connectivity index is 1.87. The Hall–Kier alpha value is -2.71. The molecule has 3 aromatic rings. The Morgan fingerprint density at radius 2 is 2.10 bits per heavy atom. The second-order valence-electron chi connectivity index (χ2n) is 7.88. The molecule has 0 spiro atoms. The van der Waals surface area contributed by atoms with Crippen LogP contribution in [0.25, 0.3) is 16.0 Å². The summed E-state index contributed by atoms with van der Waals surface area (Å²) < 4.78 is 16.5. The fourth-order valence-corrected chi connectivity index (χ4v) is 5.64. The molecule has 0 aromatic carbocycles. The van der Waals surface area contributed by atoms with Crippen LogP contribution in [0.15, 0.2) is 16.9 Å². The van der Waals surface area contributed by atoms with Crippen LogP contribution in [-0.4, -0.2) is 15.5 Å². The van der Waals surface area contributed by atoms with Crippen LogP contribution in [0.3, 0.4) is 0 Å². The number of nitrogens with zero attached hydrogens (tertiary/aromatic N) is 1. The number of halogens is 1. The largest absolute Gasteiger partial charge is 0.477 e. The van der Waals surface area contributed by atoms with Gasteiger partial charge in [0.05, 0.1) is 5.52 Å². The van der Waals surface area contributed by atoms with Crippen molar-refractivity contribution < 1.29 is 14.3 Å². The van der Waals surface area contributed by atoms with E-state index in [0.29, 0.717) is 16.6 Å². The zero-order valence-corrected chi connectivity index (χ0v) is 16.8. The van der Waals surface area contributed by atoms with Gasteiger partial charge in [0.25, 0.3) is 5.56 Å². The van der Waals surface area contributed by atoms with Crippen LogP contribution in [0.2, 0.25) is 0 Å². The summed E-state index contributed by atoms with van der Waals surface area (Å²) in [5.74, 6) is -2.18. The molecule has 6 nitrogen and oxygen atoms in total. The first-order valence-electron chi connectivity index (χ1n) is 9.56. The van der Waals surface area contributed by atoms with Gasteiger partial charge in [0, 0.05) is 27.9 Å². The number of carboxylic acid groups (broad SMARTS) is 1. The van der Waals surface area contributed by atoms with Gasteiger partial charge in [0.15, 0.2) is 5.82 Å². The summed E-state index contributed by atoms with van der Waals surface area (Å²) in [5.41, 5.74) is 8.38. The molecule has 0 radical (unpaired) electrons. The highest BCUT2D eigenvalue weighted by Gasteiger charge is 2.32. The van der Waals surface area contributed by atoms with E-state index in [2.05, 4.69) is 12.2 Å². The maximum Gasteiger partial charge on any atom is 0.341 e. The number of thiophene rings is 1. The number of nitrogen functional groups attached to an aromatic ring is 1. The third-order valence-electron chi connectivity index (χ3n) is 5.97. The predicted molar refractivity (Wildman–Crippen MR) is 110 cm³/mol. The minimum Gasteiger partial charge on any atom is -0.477 e. The highest BCUT2D eigenvalue weighted by Crippen LogP contribution is 2.46. The highest BCUT2D eigenvalue weighted by atomic mass is 32.1. The van der Waals surface area contributed by atoms with E-state index in [1.54, 1.807) is 6.92 Å². The van der Waals surface area contributed by atoms with E-state index in [4.69, 9.17) is 5.73 Å². The summed E-state index contributed by atoms with van der Waals surface area (Å²) in [6.45, 7) is 4.60. The van der Waals surface area contributed by atoms with Crippen LogP contribution in [0, 0.1) is 12.7 Å². The van der Waals surface area contributed by atoms with Gasteiger partial charge in [-0.15, -0.1) is 11.3 Å². The average Bonchev–Trinajstić information content (AvgIpc) is 3.34. The van der Waals surface area contributed by atoms with Gasteiger partial charge in [0.1, 0.15) is 11.4 Å². The number of aryl methyl sites for hydroxylation is 1. The standard InChI is InChI=1S/C21H20FN3O3S/c1-8-15(14-5-11-7-24-9(2)18(11)29-14)16(22)19(23)25-17(8)12(10-3-4-10)6-13(20(25)26)21(27)28/h5-6,9-10,24H,3-4,7,23H2,1-2H3,(H,27,28). The first-order chi connectivity index (χ1) is 13.8. The van der Waals surface area contributed by atoms with Crippen LogP contribution in [0.5, 0.6) is 0 Å². The number of rotatable bonds is 3. The lowest BCUT2D eigenvalue weighted by atomic mass is 9.98. The topological polar surface area (TPSA) is 96.8 Å². The van der Waals surface area contributed by atoms with Gasteiger partial charge in [-0.05, 0) is 61.4 Å². The van der Waals surface area contributed by atoms with Gasteiger partial charge in [-0.25, -0.2) is 9.18 Å². The number of carbonyl (C=O) groups is 1. The van der Waals surface area contributed by atoms with Crippen molar-refractivity contribution in [3.8, 4) is 10.4 Å². The third kappa shape index (κ3) is 2.55. The molecule has 1 atom stereocenters. The van der Waals surface area contributed by atoms with Crippen molar-refractivity contribution in [1.29, 1.82) is 0 Å². The molecule has 1 saturated carbocycles. The Morgan fingerprint density at radius 3 is 2.72 bits per heavy atom. The van der Waals surface area contributed by atoms with Crippen molar-refractivity contribution in [1.82, 2.24) is 9.72 Å². The molecule has 1 unspecified atom stereocenters. The van der Waals surface area contributed by atoms with E-state index >= 15 is 4.39 Å². The summed E-state index contributed by atoms with van der Waals surface area (Å²) in [6.07, 6.45) is 1.82. The maximum absolute atomic E-state index is 15.5. The number of fused-ring (bicyclic) bond motifs is 2. The van der Waals surface area contributed by atoms with Gasteiger partial charge in [-0.2, -0.15) is 0 Å². The Bertz CT molecular complexity index is 1270. The van der Waals surface area contributed by atoms with E-state index in [9.17, 15) is 14.7 Å². The molecule has 3 aromatic heterocycles. The van der Waals surface area contributed by atoms with Crippen LogP contribution in [-0.2, 0) is 6.54 Å². The number of pyridine rings is 2. The second kappa shape index (κ2) is 6.14. The summed E-state index contributed by atoms with van der Waals surface area (Å²) in [6, 6.07) is 3.65. The first kappa shape index (κ1) is 18.3. The van der Waals surface area contributed by atoms with Crippen molar-refractivity contribution in [3.05, 3.63) is 55.4 Å². The normalized spacial score (nSPS) is 18.4. The minimum atomic E-state index is -1.33. The van der Waals surface area contributed by atoms with Gasteiger partial charge >= 0.3 is 5.97 Å². The van der Waals surface area contributed by atoms with E-state index in [1.165, 1.54) is 22.3 Å². The molecule has 4 heterocycles. The van der Waals surface area contributed by atoms with Crippen molar-refractivity contribution in [2.75, 3.05) is 5.73 Å². The van der Waals surface area contributed by atoms with E-state index < -0.39 is 17.3 Å². The second-order valence-corrected chi connectivity index (χ2v) is 8.97. The summed E-state index contributed by atoms with van der Waals surface area (Å²) >= 11 is 1.53. The van der Waals surface area contributed by atoms with Gasteiger partial charge in [-0.1, -0.05) is 0 Å². The van der Waals surface area contributed by atoms with Gasteiger partial charge in [-0.3, -0.25) is 9.20 Å². The number of carboxylic acids is 1. The zero-order chi connectivity index (χ0) is 20.6. The maximum atomic E-state index is 15.5. The van der Waals surface area contributed by atoms with Crippen molar-refractivity contribution in [2.45, 2.75) is 45.2 Å². The van der Waals surface area contributed by atoms with E-state index in [1.807, 2.05) is 6.07 Å². The number of nitrogens with two attached hydrogens (primary N) is 1. The SMILES string of the molecule is Cc1c(-c2cc3c(s2)C(C)NC3)c(F)c(N)n2c(=O)c(C(=O)O)cc(C3CC3)c12. The number of anilines is 1. The van der Waals surface area contributed by atoms with E-state index in [-0.39, 0.29) is 23.3 Å². The Labute approximate surface area is 169 Å². The molecule has 1 fully saturated rings. The fourth-order valence-electron chi connectivity index (χ4n) is 4.34. The minimum absolute atomic E-state index is 0.165. The predicted octanol–water partition coefficient (Wildman–Crippen LogP) is 3.80. The molecule has 0 bridgehead atoms. The highest BCUT2D eigenvalue weighted by molar-refractivity contribution is 7.15. The third-order valence-corrected chi connectivity index (χ3v) is 7.35. The molecule has 150 valence electrons. The number of hydrogen-bond donors (Lipinski definition) is 3. The molecular weight excluding hydrogens is 393 g/mol. The molecule has 2 aliphatic rings. The van der Waals surface area contributed by atoms with E-state index in [0.717, 1.165) is 39.8 Å². The zero-order valence-electron chi connectivity index (χ0n) is 16.0. The average molecular weight is 413 g/mol. The van der Waals surface area contributed by atoms with Gasteiger partial charge < -0.3 is 16.2 Å². The number of aromatic carboxylic acids is 1. The van der Waals surface area contributed by atoms with Crippen molar-refractivity contribution in [2.24, 2.45) is 0 Å². The number of aromatic nitrogens is 1. The quantitative estimate of drug-likeness (QED) is 0.607. The monoisotopic (exact) mass is 413 g/mol.